The Morgan fingerprint density at radius 1 is 1.04 bits per heavy atom. The number of benzene rings is 1. The third kappa shape index (κ3) is 6.02. The molecule has 0 bridgehead atoms. The minimum Gasteiger partial charge on any atom is -0.496 e. The summed E-state index contributed by atoms with van der Waals surface area (Å²) in [5.41, 5.74) is 0. The number of aliphatic carboxylic acids is 1. The first kappa shape index (κ1) is 19.7. The number of hydrogen-bond acceptors (Lipinski definition) is 5. The minimum atomic E-state index is -0.751. The van der Waals surface area contributed by atoms with E-state index in [4.69, 9.17) is 19.3 Å². The average molecular weight is 366 g/mol. The summed E-state index contributed by atoms with van der Waals surface area (Å²) < 4.78 is 15.9. The largest absolute Gasteiger partial charge is 0.496 e. The van der Waals surface area contributed by atoms with Gasteiger partial charge in [0.25, 0.3) is 0 Å². The molecule has 8 nitrogen and oxygen atoms in total. The van der Waals surface area contributed by atoms with Crippen molar-refractivity contribution in [1.29, 1.82) is 0 Å². The standard InChI is InChI=1S/C18H26N2O6/c1-24-14-9-15(25-2)11-16(10-14)26-8-7-19-18(23)20-13-5-3-12(4-6-13)17(21)22/h9-13H,3-8H2,1-2H3,(H,21,22)(H2,19,20,23). The van der Waals surface area contributed by atoms with Crippen LogP contribution in [0.25, 0.3) is 0 Å². The molecule has 1 aromatic rings. The monoisotopic (exact) mass is 366 g/mol. The molecule has 2 rings (SSSR count). The summed E-state index contributed by atoms with van der Waals surface area (Å²) in [5.74, 6) is 0.808. The van der Waals surface area contributed by atoms with Crippen LogP contribution in [0.5, 0.6) is 17.2 Å². The van der Waals surface area contributed by atoms with E-state index < -0.39 is 5.97 Å². The van der Waals surface area contributed by atoms with Crippen molar-refractivity contribution >= 4 is 12.0 Å². The van der Waals surface area contributed by atoms with Crippen LogP contribution < -0.4 is 24.8 Å². The van der Waals surface area contributed by atoms with Gasteiger partial charge in [0, 0.05) is 24.2 Å². The zero-order chi connectivity index (χ0) is 18.9. The van der Waals surface area contributed by atoms with Crippen LogP contribution in [0.1, 0.15) is 25.7 Å². The lowest BCUT2D eigenvalue weighted by Gasteiger charge is -2.26. The molecule has 1 aromatic carbocycles. The number of carbonyl (C=O) groups excluding carboxylic acids is 1. The lowest BCUT2D eigenvalue weighted by atomic mass is 9.86. The molecule has 0 atom stereocenters. The van der Waals surface area contributed by atoms with Crippen molar-refractivity contribution in [2.24, 2.45) is 5.92 Å². The Bertz CT molecular complexity index is 591. The second kappa shape index (κ2) is 9.74. The van der Waals surface area contributed by atoms with E-state index >= 15 is 0 Å². The van der Waals surface area contributed by atoms with Crippen molar-refractivity contribution in [2.45, 2.75) is 31.7 Å². The van der Waals surface area contributed by atoms with Gasteiger partial charge in [-0.15, -0.1) is 0 Å². The van der Waals surface area contributed by atoms with E-state index in [0.29, 0.717) is 56.1 Å². The second-order valence-corrected chi connectivity index (χ2v) is 6.18. The Balaban J connectivity index is 1.67. The summed E-state index contributed by atoms with van der Waals surface area (Å²) in [6, 6.07) is 4.98. The molecule has 0 saturated heterocycles. The number of carbonyl (C=O) groups is 2. The van der Waals surface area contributed by atoms with Gasteiger partial charge in [0.1, 0.15) is 23.9 Å². The minimum absolute atomic E-state index is 0.0224. The molecule has 0 unspecified atom stereocenters. The maximum Gasteiger partial charge on any atom is 0.315 e. The molecule has 0 spiro atoms. The van der Waals surface area contributed by atoms with Crippen LogP contribution in [0.15, 0.2) is 18.2 Å². The van der Waals surface area contributed by atoms with Crippen LogP contribution in [-0.4, -0.2) is 50.5 Å². The van der Waals surface area contributed by atoms with E-state index in [0.717, 1.165) is 0 Å². The van der Waals surface area contributed by atoms with E-state index in [1.54, 1.807) is 32.4 Å². The molecule has 1 aliphatic rings. The van der Waals surface area contributed by atoms with Gasteiger partial charge < -0.3 is 30.0 Å². The third-order valence-corrected chi connectivity index (χ3v) is 4.39. The zero-order valence-corrected chi connectivity index (χ0v) is 15.1. The highest BCUT2D eigenvalue weighted by atomic mass is 16.5. The van der Waals surface area contributed by atoms with Gasteiger partial charge in [-0.05, 0) is 25.7 Å². The summed E-state index contributed by atoms with van der Waals surface area (Å²) in [6.07, 6.45) is 2.57. The molecule has 1 aliphatic carbocycles. The number of hydrogen-bond donors (Lipinski definition) is 3. The summed E-state index contributed by atoms with van der Waals surface area (Å²) >= 11 is 0. The Labute approximate surface area is 152 Å². The molecular formula is C18H26N2O6. The molecule has 1 saturated carbocycles. The Morgan fingerprint density at radius 2 is 1.62 bits per heavy atom. The van der Waals surface area contributed by atoms with Crippen LogP contribution >= 0.6 is 0 Å². The maximum atomic E-state index is 11.9. The molecular weight excluding hydrogens is 340 g/mol. The number of amides is 2. The summed E-state index contributed by atoms with van der Waals surface area (Å²) in [6.45, 7) is 0.644. The van der Waals surface area contributed by atoms with Gasteiger partial charge in [-0.3, -0.25) is 4.79 Å². The molecule has 1 fully saturated rings. The first-order valence-corrected chi connectivity index (χ1v) is 8.65. The number of carboxylic acid groups (broad SMARTS) is 1. The topological polar surface area (TPSA) is 106 Å². The number of methoxy groups -OCH3 is 2. The highest BCUT2D eigenvalue weighted by Gasteiger charge is 2.26. The Morgan fingerprint density at radius 3 is 2.15 bits per heavy atom. The molecule has 0 aliphatic heterocycles. The molecule has 144 valence electrons. The molecule has 3 N–H and O–H groups in total. The van der Waals surface area contributed by atoms with Crippen molar-refractivity contribution in [1.82, 2.24) is 10.6 Å². The SMILES string of the molecule is COc1cc(OC)cc(OCCNC(=O)NC2CCC(C(=O)O)CC2)c1. The smallest absolute Gasteiger partial charge is 0.315 e. The van der Waals surface area contributed by atoms with Gasteiger partial charge in [-0.1, -0.05) is 0 Å². The maximum absolute atomic E-state index is 11.9. The predicted octanol–water partition coefficient (Wildman–Crippen LogP) is 2.03. The molecule has 0 aromatic heterocycles. The van der Waals surface area contributed by atoms with Crippen LogP contribution in [0, 0.1) is 5.92 Å². The quantitative estimate of drug-likeness (QED) is 0.608. The van der Waals surface area contributed by atoms with Gasteiger partial charge in [-0.2, -0.15) is 0 Å². The van der Waals surface area contributed by atoms with E-state index in [9.17, 15) is 9.59 Å². The van der Waals surface area contributed by atoms with Gasteiger partial charge in [0.2, 0.25) is 0 Å². The third-order valence-electron chi connectivity index (χ3n) is 4.39. The van der Waals surface area contributed by atoms with Gasteiger partial charge >= 0.3 is 12.0 Å². The Kier molecular flexibility index (Phi) is 7.37. The second-order valence-electron chi connectivity index (χ2n) is 6.18. The van der Waals surface area contributed by atoms with Crippen molar-refractivity contribution in [3.63, 3.8) is 0 Å². The van der Waals surface area contributed by atoms with E-state index in [2.05, 4.69) is 10.6 Å². The molecule has 2 amide bonds. The number of carboxylic acids is 1. The highest BCUT2D eigenvalue weighted by molar-refractivity contribution is 5.74. The Hall–Kier alpha value is -2.64. The number of urea groups is 1. The fraction of sp³-hybridized carbons (Fsp3) is 0.556. The van der Waals surface area contributed by atoms with E-state index in [1.807, 2.05) is 0 Å². The van der Waals surface area contributed by atoms with Crippen LogP contribution in [0.3, 0.4) is 0 Å². The fourth-order valence-electron chi connectivity index (χ4n) is 2.92. The van der Waals surface area contributed by atoms with Gasteiger partial charge in [0.05, 0.1) is 26.7 Å². The number of nitrogens with one attached hydrogen (secondary N) is 2. The summed E-state index contributed by atoms with van der Waals surface area (Å²) in [7, 11) is 3.13. The lowest BCUT2D eigenvalue weighted by molar-refractivity contribution is -0.142. The molecule has 0 heterocycles. The number of rotatable bonds is 8. The van der Waals surface area contributed by atoms with Crippen molar-refractivity contribution < 1.29 is 28.9 Å². The first-order chi connectivity index (χ1) is 12.5. The fourth-order valence-corrected chi connectivity index (χ4v) is 2.92. The van der Waals surface area contributed by atoms with Gasteiger partial charge in [0.15, 0.2) is 0 Å². The first-order valence-electron chi connectivity index (χ1n) is 8.65. The van der Waals surface area contributed by atoms with Crippen molar-refractivity contribution in [2.75, 3.05) is 27.4 Å². The predicted molar refractivity (Wildman–Crippen MR) is 95.0 cm³/mol. The highest BCUT2D eigenvalue weighted by Crippen LogP contribution is 2.27. The molecule has 26 heavy (non-hydrogen) atoms. The normalized spacial score (nSPS) is 19.3. The van der Waals surface area contributed by atoms with Crippen LogP contribution in [-0.2, 0) is 4.79 Å². The van der Waals surface area contributed by atoms with E-state index in [1.165, 1.54) is 0 Å². The lowest BCUT2D eigenvalue weighted by Crippen LogP contribution is -2.45. The van der Waals surface area contributed by atoms with E-state index in [-0.39, 0.29) is 18.0 Å². The number of ether oxygens (including phenoxy) is 3. The molecule has 8 heteroatoms. The summed E-state index contributed by atoms with van der Waals surface area (Å²) in [5, 5.41) is 14.6. The average Bonchev–Trinajstić information content (AvgIpc) is 2.65. The van der Waals surface area contributed by atoms with Crippen LogP contribution in [0.2, 0.25) is 0 Å². The van der Waals surface area contributed by atoms with Gasteiger partial charge in [-0.25, -0.2) is 4.79 Å². The van der Waals surface area contributed by atoms with Crippen LogP contribution in [0.4, 0.5) is 4.79 Å². The summed E-state index contributed by atoms with van der Waals surface area (Å²) in [4.78, 5) is 22.8. The zero-order valence-electron chi connectivity index (χ0n) is 15.1. The molecule has 0 radical (unpaired) electrons. The van der Waals surface area contributed by atoms with Crippen molar-refractivity contribution in [3.05, 3.63) is 18.2 Å². The van der Waals surface area contributed by atoms with Crippen molar-refractivity contribution in [3.8, 4) is 17.2 Å².